The number of methoxy groups -OCH3 is 1. The number of benzene rings is 2. The maximum atomic E-state index is 12.0. The van der Waals surface area contributed by atoms with E-state index in [-0.39, 0.29) is 17.8 Å². The first-order valence-corrected chi connectivity index (χ1v) is 6.20. The first-order valence-electron chi connectivity index (χ1n) is 6.20. The zero-order valence-electron chi connectivity index (χ0n) is 11.0. The van der Waals surface area contributed by atoms with Gasteiger partial charge in [-0.1, -0.05) is 56.3 Å². The standard InChI is InChI=1S/C16H18O2/c1-11(2)15(16(17)18-3)14-10-6-8-12-7-4-5-9-13(12)14/h4-11,15H,1-3H3. The van der Waals surface area contributed by atoms with Crippen LogP contribution in [-0.4, -0.2) is 13.1 Å². The van der Waals surface area contributed by atoms with Crippen molar-refractivity contribution in [3.8, 4) is 0 Å². The molecule has 0 N–H and O–H groups in total. The fourth-order valence-electron chi connectivity index (χ4n) is 2.41. The molecule has 2 rings (SSSR count). The Bertz CT molecular complexity index is 553. The first kappa shape index (κ1) is 12.6. The van der Waals surface area contributed by atoms with E-state index >= 15 is 0 Å². The number of fused-ring (bicyclic) bond motifs is 1. The van der Waals surface area contributed by atoms with E-state index in [9.17, 15) is 4.79 Å². The van der Waals surface area contributed by atoms with Gasteiger partial charge in [0.1, 0.15) is 0 Å². The topological polar surface area (TPSA) is 26.3 Å². The Hall–Kier alpha value is -1.83. The van der Waals surface area contributed by atoms with Crippen molar-refractivity contribution in [1.82, 2.24) is 0 Å². The number of carbonyl (C=O) groups is 1. The molecular weight excluding hydrogens is 224 g/mol. The largest absolute Gasteiger partial charge is 0.469 e. The van der Waals surface area contributed by atoms with Crippen LogP contribution in [-0.2, 0) is 9.53 Å². The van der Waals surface area contributed by atoms with Crippen LogP contribution >= 0.6 is 0 Å². The van der Waals surface area contributed by atoms with Crippen LogP contribution in [0.2, 0.25) is 0 Å². The summed E-state index contributed by atoms with van der Waals surface area (Å²) >= 11 is 0. The maximum absolute atomic E-state index is 12.0. The SMILES string of the molecule is COC(=O)C(c1cccc2ccccc12)C(C)C. The van der Waals surface area contributed by atoms with Gasteiger partial charge in [-0.2, -0.15) is 0 Å². The van der Waals surface area contributed by atoms with E-state index in [0.29, 0.717) is 0 Å². The predicted molar refractivity (Wildman–Crippen MR) is 73.5 cm³/mol. The number of ether oxygens (including phenoxy) is 1. The monoisotopic (exact) mass is 242 g/mol. The molecule has 1 atom stereocenters. The van der Waals surface area contributed by atoms with E-state index in [1.54, 1.807) is 0 Å². The van der Waals surface area contributed by atoms with Crippen LogP contribution in [0.25, 0.3) is 10.8 Å². The molecule has 2 aromatic carbocycles. The summed E-state index contributed by atoms with van der Waals surface area (Å²) in [6.07, 6.45) is 0. The number of carbonyl (C=O) groups excluding carboxylic acids is 1. The van der Waals surface area contributed by atoms with Crippen LogP contribution in [0, 0.1) is 5.92 Å². The molecule has 0 fully saturated rings. The molecule has 2 nitrogen and oxygen atoms in total. The molecule has 0 saturated carbocycles. The third kappa shape index (κ3) is 2.23. The summed E-state index contributed by atoms with van der Waals surface area (Å²) in [4.78, 5) is 12.0. The van der Waals surface area contributed by atoms with Crippen LogP contribution in [0.4, 0.5) is 0 Å². The van der Waals surface area contributed by atoms with Gasteiger partial charge in [-0.25, -0.2) is 0 Å². The summed E-state index contributed by atoms with van der Waals surface area (Å²) in [5, 5.41) is 2.29. The molecule has 18 heavy (non-hydrogen) atoms. The summed E-state index contributed by atoms with van der Waals surface area (Å²) < 4.78 is 4.94. The van der Waals surface area contributed by atoms with Gasteiger partial charge < -0.3 is 4.74 Å². The second kappa shape index (κ2) is 5.21. The average Bonchev–Trinajstić information content (AvgIpc) is 2.38. The van der Waals surface area contributed by atoms with Gasteiger partial charge in [-0.3, -0.25) is 4.79 Å². The minimum atomic E-state index is -0.207. The van der Waals surface area contributed by atoms with Crippen molar-refractivity contribution in [3.63, 3.8) is 0 Å². The lowest BCUT2D eigenvalue weighted by molar-refractivity contribution is -0.143. The van der Waals surface area contributed by atoms with E-state index in [1.807, 2.05) is 38.1 Å². The van der Waals surface area contributed by atoms with E-state index in [4.69, 9.17) is 4.74 Å². The van der Waals surface area contributed by atoms with Crippen molar-refractivity contribution < 1.29 is 9.53 Å². The predicted octanol–water partition coefficient (Wildman–Crippen LogP) is 3.75. The molecule has 0 heterocycles. The van der Waals surface area contributed by atoms with Crippen LogP contribution in [0.5, 0.6) is 0 Å². The van der Waals surface area contributed by atoms with E-state index in [1.165, 1.54) is 7.11 Å². The molecular formula is C16H18O2. The van der Waals surface area contributed by atoms with Crippen molar-refractivity contribution in [3.05, 3.63) is 48.0 Å². The molecule has 0 aromatic heterocycles. The van der Waals surface area contributed by atoms with E-state index < -0.39 is 0 Å². The highest BCUT2D eigenvalue weighted by Crippen LogP contribution is 2.31. The molecule has 0 amide bonds. The zero-order chi connectivity index (χ0) is 13.1. The molecule has 0 aliphatic rings. The minimum absolute atomic E-state index is 0.165. The van der Waals surface area contributed by atoms with Crippen molar-refractivity contribution >= 4 is 16.7 Å². The third-order valence-electron chi connectivity index (χ3n) is 3.28. The average molecular weight is 242 g/mol. The third-order valence-corrected chi connectivity index (χ3v) is 3.28. The van der Waals surface area contributed by atoms with Gasteiger partial charge in [0.2, 0.25) is 0 Å². The Balaban J connectivity index is 2.61. The molecule has 2 aromatic rings. The first-order chi connectivity index (χ1) is 8.65. The Labute approximate surface area is 108 Å². The number of hydrogen-bond donors (Lipinski definition) is 0. The Morgan fingerprint density at radius 2 is 1.72 bits per heavy atom. The van der Waals surface area contributed by atoms with Gasteiger partial charge in [0.15, 0.2) is 0 Å². The van der Waals surface area contributed by atoms with Gasteiger partial charge in [-0.15, -0.1) is 0 Å². The lowest BCUT2D eigenvalue weighted by Gasteiger charge is -2.20. The number of esters is 1. The highest BCUT2D eigenvalue weighted by atomic mass is 16.5. The van der Waals surface area contributed by atoms with Gasteiger partial charge in [0.05, 0.1) is 13.0 Å². The summed E-state index contributed by atoms with van der Waals surface area (Å²) in [6, 6.07) is 14.2. The smallest absolute Gasteiger partial charge is 0.313 e. The second-order valence-corrected chi connectivity index (χ2v) is 4.81. The zero-order valence-corrected chi connectivity index (χ0v) is 11.0. The van der Waals surface area contributed by atoms with Crippen LogP contribution in [0.15, 0.2) is 42.5 Å². The minimum Gasteiger partial charge on any atom is -0.469 e. The van der Waals surface area contributed by atoms with Gasteiger partial charge in [0, 0.05) is 0 Å². The van der Waals surface area contributed by atoms with Crippen molar-refractivity contribution in [2.45, 2.75) is 19.8 Å². The Morgan fingerprint density at radius 3 is 2.39 bits per heavy atom. The summed E-state index contributed by atoms with van der Waals surface area (Å²) in [5.74, 6) is -0.161. The molecule has 1 unspecified atom stereocenters. The fourth-order valence-corrected chi connectivity index (χ4v) is 2.41. The molecule has 0 aliphatic heterocycles. The Morgan fingerprint density at radius 1 is 1.06 bits per heavy atom. The summed E-state index contributed by atoms with van der Waals surface area (Å²) in [5.41, 5.74) is 1.05. The van der Waals surface area contributed by atoms with E-state index in [0.717, 1.165) is 16.3 Å². The van der Waals surface area contributed by atoms with E-state index in [2.05, 4.69) is 18.2 Å². The van der Waals surface area contributed by atoms with Gasteiger partial charge in [0.25, 0.3) is 0 Å². The normalized spacial score (nSPS) is 12.7. The quantitative estimate of drug-likeness (QED) is 0.766. The molecule has 0 saturated heterocycles. The molecule has 0 bridgehead atoms. The molecule has 0 aliphatic carbocycles. The van der Waals surface area contributed by atoms with Crippen LogP contribution < -0.4 is 0 Å². The number of hydrogen-bond acceptors (Lipinski definition) is 2. The molecule has 94 valence electrons. The van der Waals surface area contributed by atoms with Crippen LogP contribution in [0.3, 0.4) is 0 Å². The lowest BCUT2D eigenvalue weighted by Crippen LogP contribution is -2.19. The molecule has 0 spiro atoms. The van der Waals surface area contributed by atoms with Crippen LogP contribution in [0.1, 0.15) is 25.3 Å². The molecule has 2 heteroatoms. The van der Waals surface area contributed by atoms with Crippen molar-refractivity contribution in [2.24, 2.45) is 5.92 Å². The summed E-state index contributed by atoms with van der Waals surface area (Å²) in [7, 11) is 1.45. The maximum Gasteiger partial charge on any atom is 0.313 e. The Kier molecular flexibility index (Phi) is 3.66. The summed E-state index contributed by atoms with van der Waals surface area (Å²) in [6.45, 7) is 4.09. The van der Waals surface area contributed by atoms with Gasteiger partial charge >= 0.3 is 5.97 Å². The lowest BCUT2D eigenvalue weighted by atomic mass is 9.85. The second-order valence-electron chi connectivity index (χ2n) is 4.81. The molecule has 0 radical (unpaired) electrons. The van der Waals surface area contributed by atoms with Gasteiger partial charge in [-0.05, 0) is 22.3 Å². The van der Waals surface area contributed by atoms with Crippen molar-refractivity contribution in [2.75, 3.05) is 7.11 Å². The number of rotatable bonds is 3. The fraction of sp³-hybridized carbons (Fsp3) is 0.312. The highest BCUT2D eigenvalue weighted by Gasteiger charge is 2.26. The van der Waals surface area contributed by atoms with Crippen molar-refractivity contribution in [1.29, 1.82) is 0 Å². The highest BCUT2D eigenvalue weighted by molar-refractivity contribution is 5.91.